The smallest absolute Gasteiger partial charge is 0.251 e. The summed E-state index contributed by atoms with van der Waals surface area (Å²) in [6.07, 6.45) is -0.997. The number of aliphatic hydroxyl groups excluding tert-OH is 1. The molecule has 3 aromatic rings. The Balaban J connectivity index is 1.34. The van der Waals surface area contributed by atoms with Crippen LogP contribution in [0.5, 0.6) is 0 Å². The van der Waals surface area contributed by atoms with Crippen LogP contribution in [-0.4, -0.2) is 65.7 Å². The Bertz CT molecular complexity index is 1120. The maximum absolute atomic E-state index is 12.9. The molecule has 4 rings (SSSR count). The van der Waals surface area contributed by atoms with Crippen LogP contribution in [0.2, 0.25) is 0 Å². The number of nitrogens with zero attached hydrogens (tertiary/aromatic N) is 3. The molecule has 188 valence electrons. The maximum Gasteiger partial charge on any atom is 0.251 e. The summed E-state index contributed by atoms with van der Waals surface area (Å²) in [5.74, 6) is -0.363. The maximum atomic E-state index is 12.9. The third-order valence-electron chi connectivity index (χ3n) is 6.53. The first-order valence-corrected chi connectivity index (χ1v) is 12.2. The van der Waals surface area contributed by atoms with Gasteiger partial charge in [-0.2, -0.15) is 0 Å². The quantitative estimate of drug-likeness (QED) is 0.336. The lowest BCUT2D eigenvalue weighted by atomic mass is 10.0. The Morgan fingerprint density at radius 1 is 0.889 bits per heavy atom. The Morgan fingerprint density at radius 3 is 2.06 bits per heavy atom. The summed E-state index contributed by atoms with van der Waals surface area (Å²) >= 11 is 0. The molecule has 0 aliphatic carbocycles. The monoisotopic (exact) mass is 488 g/mol. The summed E-state index contributed by atoms with van der Waals surface area (Å²) in [7, 11) is 0. The molecular weight excluding hydrogens is 456 g/mol. The van der Waals surface area contributed by atoms with Crippen LogP contribution in [-0.2, 0) is 13.0 Å². The van der Waals surface area contributed by atoms with Crippen molar-refractivity contribution in [2.75, 3.05) is 37.6 Å². The Hall–Kier alpha value is -3.75. The largest absolute Gasteiger partial charge is 0.384 e. The summed E-state index contributed by atoms with van der Waals surface area (Å²) in [4.78, 5) is 28.1. The van der Waals surface area contributed by atoms with Gasteiger partial charge < -0.3 is 15.3 Å². The van der Waals surface area contributed by atoms with Crippen LogP contribution in [0.15, 0.2) is 84.9 Å². The molecule has 3 aromatic carbocycles. The molecule has 1 fully saturated rings. The molecule has 8 heteroatoms. The summed E-state index contributed by atoms with van der Waals surface area (Å²) in [6.45, 7) is 4.06. The molecule has 8 nitrogen and oxygen atoms in total. The fourth-order valence-corrected chi connectivity index (χ4v) is 4.51. The molecule has 2 N–H and O–H groups in total. The number of rotatable bonds is 10. The van der Waals surface area contributed by atoms with Crippen LogP contribution in [0.4, 0.5) is 5.69 Å². The van der Waals surface area contributed by atoms with Crippen molar-refractivity contribution >= 4 is 11.6 Å². The van der Waals surface area contributed by atoms with E-state index in [1.165, 1.54) is 5.56 Å². The number of amides is 1. The van der Waals surface area contributed by atoms with Crippen LogP contribution in [0.3, 0.4) is 0 Å². The Morgan fingerprint density at radius 2 is 1.47 bits per heavy atom. The number of hydrogen-bond acceptors (Lipinski definition) is 6. The molecule has 0 bridgehead atoms. The number of anilines is 1. The van der Waals surface area contributed by atoms with Crippen molar-refractivity contribution in [2.24, 2.45) is 0 Å². The summed E-state index contributed by atoms with van der Waals surface area (Å²) < 4.78 is 0. The van der Waals surface area contributed by atoms with E-state index in [1.54, 1.807) is 12.1 Å². The van der Waals surface area contributed by atoms with Gasteiger partial charge in [0, 0.05) is 48.9 Å². The van der Waals surface area contributed by atoms with E-state index in [0.29, 0.717) is 12.0 Å². The fourth-order valence-electron chi connectivity index (χ4n) is 4.51. The molecule has 0 radical (unpaired) electrons. The SMILES string of the molecule is O=C(N[C@@H](Cc1ccccc1)[C@H](O)C[N+](=O)[O-])c1ccc(N2CCN(Cc3ccccc3)CC2)cc1. The zero-order valence-electron chi connectivity index (χ0n) is 20.2. The van der Waals surface area contributed by atoms with Gasteiger partial charge in [0.2, 0.25) is 6.54 Å². The predicted molar refractivity (Wildman–Crippen MR) is 140 cm³/mol. The summed E-state index contributed by atoms with van der Waals surface area (Å²) in [5.41, 5.74) is 3.70. The number of hydrogen-bond donors (Lipinski definition) is 2. The van der Waals surface area contributed by atoms with Crippen LogP contribution < -0.4 is 10.2 Å². The topological polar surface area (TPSA) is 98.9 Å². The molecule has 1 aliphatic rings. The molecule has 0 spiro atoms. The van der Waals surface area contributed by atoms with E-state index in [4.69, 9.17) is 0 Å². The van der Waals surface area contributed by atoms with Gasteiger partial charge in [-0.15, -0.1) is 0 Å². The lowest BCUT2D eigenvalue weighted by Gasteiger charge is -2.36. The number of aliphatic hydroxyl groups is 1. The van der Waals surface area contributed by atoms with Gasteiger partial charge in [-0.05, 0) is 41.8 Å². The number of nitro groups is 1. The van der Waals surface area contributed by atoms with Gasteiger partial charge in [0.05, 0.1) is 6.04 Å². The van der Waals surface area contributed by atoms with Crippen molar-refractivity contribution in [3.8, 4) is 0 Å². The van der Waals surface area contributed by atoms with Gasteiger partial charge in [-0.1, -0.05) is 60.7 Å². The first kappa shape index (κ1) is 25.3. The van der Waals surface area contributed by atoms with E-state index in [-0.39, 0.29) is 5.91 Å². The highest BCUT2D eigenvalue weighted by Crippen LogP contribution is 2.19. The van der Waals surface area contributed by atoms with Gasteiger partial charge in [-0.3, -0.25) is 19.8 Å². The lowest BCUT2D eigenvalue weighted by molar-refractivity contribution is -0.491. The van der Waals surface area contributed by atoms with Crippen molar-refractivity contribution in [3.05, 3.63) is 112 Å². The highest BCUT2D eigenvalue weighted by molar-refractivity contribution is 5.94. The van der Waals surface area contributed by atoms with Crippen LogP contribution >= 0.6 is 0 Å². The highest BCUT2D eigenvalue weighted by Gasteiger charge is 2.26. The van der Waals surface area contributed by atoms with Crippen LogP contribution in [0, 0.1) is 10.1 Å². The van der Waals surface area contributed by atoms with E-state index in [9.17, 15) is 20.0 Å². The third kappa shape index (κ3) is 7.13. The van der Waals surface area contributed by atoms with Crippen LogP contribution in [0.1, 0.15) is 21.5 Å². The minimum atomic E-state index is -1.30. The number of nitrogens with one attached hydrogen (secondary N) is 1. The van der Waals surface area contributed by atoms with Gasteiger partial charge in [0.25, 0.3) is 5.91 Å². The highest BCUT2D eigenvalue weighted by atomic mass is 16.6. The van der Waals surface area contributed by atoms with Crippen molar-refractivity contribution in [1.82, 2.24) is 10.2 Å². The lowest BCUT2D eigenvalue weighted by Crippen LogP contribution is -2.47. The minimum Gasteiger partial charge on any atom is -0.384 e. The molecule has 1 saturated heterocycles. The van der Waals surface area contributed by atoms with E-state index in [0.717, 1.165) is 44.0 Å². The standard InChI is InChI=1S/C28H32N4O4/c33-27(21-32(35)36)26(19-22-7-3-1-4-8-22)29-28(34)24-11-13-25(14-12-24)31-17-15-30(16-18-31)20-23-9-5-2-6-10-23/h1-14,26-27,33H,15-21H2,(H,29,34)/t26-,27+/m0/s1. The van der Waals surface area contributed by atoms with E-state index in [1.807, 2.05) is 48.5 Å². The molecule has 1 amide bonds. The molecule has 0 saturated carbocycles. The third-order valence-corrected chi connectivity index (χ3v) is 6.53. The van der Waals surface area contributed by atoms with E-state index in [2.05, 4.69) is 39.4 Å². The van der Waals surface area contributed by atoms with Crippen molar-refractivity contribution in [2.45, 2.75) is 25.1 Å². The Kier molecular flexibility index (Phi) is 8.65. The zero-order chi connectivity index (χ0) is 25.3. The van der Waals surface area contributed by atoms with Crippen molar-refractivity contribution in [3.63, 3.8) is 0 Å². The molecule has 36 heavy (non-hydrogen) atoms. The van der Waals surface area contributed by atoms with Gasteiger partial charge in [-0.25, -0.2) is 0 Å². The average Bonchev–Trinajstić information content (AvgIpc) is 2.89. The predicted octanol–water partition coefficient (Wildman–Crippen LogP) is 2.99. The minimum absolute atomic E-state index is 0.299. The second-order valence-electron chi connectivity index (χ2n) is 9.15. The molecule has 1 aliphatic heterocycles. The number of benzene rings is 3. The fraction of sp³-hybridized carbons (Fsp3) is 0.321. The number of carbonyl (C=O) groups is 1. The van der Waals surface area contributed by atoms with Crippen molar-refractivity contribution in [1.29, 1.82) is 0 Å². The summed E-state index contributed by atoms with van der Waals surface area (Å²) in [5, 5.41) is 24.1. The first-order chi connectivity index (χ1) is 17.5. The second-order valence-corrected chi connectivity index (χ2v) is 9.15. The number of piperazine rings is 1. The average molecular weight is 489 g/mol. The number of carbonyl (C=O) groups excluding carboxylic acids is 1. The molecule has 0 unspecified atom stereocenters. The van der Waals surface area contributed by atoms with E-state index < -0.39 is 23.6 Å². The van der Waals surface area contributed by atoms with Crippen molar-refractivity contribution < 1.29 is 14.8 Å². The molecule has 2 atom stereocenters. The molecular formula is C28H32N4O4. The van der Waals surface area contributed by atoms with Gasteiger partial charge in [0.1, 0.15) is 6.10 Å². The summed E-state index contributed by atoms with van der Waals surface area (Å²) in [6, 6.07) is 26.4. The van der Waals surface area contributed by atoms with Crippen LogP contribution in [0.25, 0.3) is 0 Å². The molecule has 0 aromatic heterocycles. The Labute approximate surface area is 211 Å². The zero-order valence-corrected chi connectivity index (χ0v) is 20.2. The van der Waals surface area contributed by atoms with Gasteiger partial charge >= 0.3 is 0 Å². The molecule has 1 heterocycles. The normalized spacial score (nSPS) is 15.8. The van der Waals surface area contributed by atoms with E-state index >= 15 is 0 Å². The first-order valence-electron chi connectivity index (χ1n) is 12.2. The van der Waals surface area contributed by atoms with Gasteiger partial charge in [0.15, 0.2) is 0 Å². The second kappa shape index (κ2) is 12.3.